The second-order valence-corrected chi connectivity index (χ2v) is 21.4. The minimum Gasteiger partial charge on any atom is -0.466 e. The first-order valence-corrected chi connectivity index (χ1v) is 31.6. The van der Waals surface area contributed by atoms with Gasteiger partial charge in [0, 0.05) is 12.8 Å². The van der Waals surface area contributed by atoms with E-state index in [0.717, 1.165) is 57.8 Å². The summed E-state index contributed by atoms with van der Waals surface area (Å²) >= 11 is 0. The Hall–Kier alpha value is -2.44. The fourth-order valence-electron chi connectivity index (χ4n) is 9.40. The number of esters is 1. The predicted octanol–water partition coefficient (Wildman–Crippen LogP) is 19.9. The highest BCUT2D eigenvalue weighted by molar-refractivity contribution is 5.76. The summed E-state index contributed by atoms with van der Waals surface area (Å²) in [5.74, 6) is -0.0685. The standard InChI is InChI=1S/C66H121NO5/c1-3-5-7-9-11-13-14-15-16-17-27-31-34-37-40-44-48-52-56-60-66(71)72-61-57-53-49-45-41-38-35-32-29-26-24-22-20-18-19-21-23-25-28-30-33-36-39-43-47-51-55-59-65(70)67-63(62-68)64(69)58-54-50-46-42-12-10-8-6-4-2/h11,13,15-16,18-19,22,24,54,58,63-64,68-69H,3-10,12,14,17,20-21,23,25-53,55-57,59-62H2,1-2H3,(H,67,70)/b13-11-,16-15-,19-18-,24-22-,58-54+. The molecule has 0 saturated carbocycles. The van der Waals surface area contributed by atoms with Crippen molar-refractivity contribution in [2.75, 3.05) is 13.2 Å². The van der Waals surface area contributed by atoms with Crippen LogP contribution in [0.4, 0.5) is 0 Å². The number of amides is 1. The lowest BCUT2D eigenvalue weighted by Crippen LogP contribution is -2.45. The van der Waals surface area contributed by atoms with Crippen LogP contribution in [0.3, 0.4) is 0 Å². The average molecular weight is 1010 g/mol. The van der Waals surface area contributed by atoms with Gasteiger partial charge in [0.15, 0.2) is 0 Å². The molecule has 0 bridgehead atoms. The summed E-state index contributed by atoms with van der Waals surface area (Å²) in [5, 5.41) is 22.9. The highest BCUT2D eigenvalue weighted by atomic mass is 16.5. The van der Waals surface area contributed by atoms with Gasteiger partial charge in [-0.2, -0.15) is 0 Å². The Bertz CT molecular complexity index is 1250. The molecule has 2 atom stereocenters. The number of hydrogen-bond acceptors (Lipinski definition) is 5. The van der Waals surface area contributed by atoms with Gasteiger partial charge in [-0.05, 0) is 96.3 Å². The van der Waals surface area contributed by atoms with Crippen LogP contribution in [-0.4, -0.2) is 47.4 Å². The third kappa shape index (κ3) is 56.8. The molecule has 6 nitrogen and oxygen atoms in total. The molecule has 0 aromatic rings. The van der Waals surface area contributed by atoms with E-state index in [1.165, 1.54) is 238 Å². The van der Waals surface area contributed by atoms with Gasteiger partial charge in [0.1, 0.15) is 0 Å². The maximum absolute atomic E-state index is 12.4. The Labute approximate surface area is 448 Å². The lowest BCUT2D eigenvalue weighted by Gasteiger charge is -2.20. The number of nitrogens with one attached hydrogen (secondary N) is 1. The van der Waals surface area contributed by atoms with Crippen LogP contribution in [0.5, 0.6) is 0 Å². The van der Waals surface area contributed by atoms with E-state index in [4.69, 9.17) is 4.74 Å². The Kier molecular flexibility index (Phi) is 59.0. The van der Waals surface area contributed by atoms with Gasteiger partial charge in [-0.15, -0.1) is 0 Å². The number of aliphatic hydroxyl groups is 2. The maximum atomic E-state index is 12.4. The van der Waals surface area contributed by atoms with Gasteiger partial charge in [0.05, 0.1) is 25.4 Å². The van der Waals surface area contributed by atoms with Crippen LogP contribution in [-0.2, 0) is 14.3 Å². The minimum absolute atomic E-state index is 0.00581. The van der Waals surface area contributed by atoms with Crippen molar-refractivity contribution in [1.29, 1.82) is 0 Å². The molecule has 420 valence electrons. The fraction of sp³-hybridized carbons (Fsp3) is 0.818. The van der Waals surface area contributed by atoms with Crippen molar-refractivity contribution in [2.24, 2.45) is 0 Å². The normalized spacial score (nSPS) is 13.0. The molecule has 1 amide bonds. The molecule has 0 aliphatic carbocycles. The highest BCUT2D eigenvalue weighted by Crippen LogP contribution is 2.16. The van der Waals surface area contributed by atoms with E-state index in [0.29, 0.717) is 19.4 Å². The predicted molar refractivity (Wildman–Crippen MR) is 315 cm³/mol. The topological polar surface area (TPSA) is 95.9 Å². The largest absolute Gasteiger partial charge is 0.466 e. The molecular weight excluding hydrogens is 887 g/mol. The van der Waals surface area contributed by atoms with Gasteiger partial charge < -0.3 is 20.3 Å². The minimum atomic E-state index is -0.845. The van der Waals surface area contributed by atoms with Crippen LogP contribution < -0.4 is 5.32 Å². The number of allylic oxidation sites excluding steroid dienone is 9. The first-order chi connectivity index (χ1) is 35.5. The Morgan fingerprint density at radius 2 is 0.694 bits per heavy atom. The fourth-order valence-corrected chi connectivity index (χ4v) is 9.40. The van der Waals surface area contributed by atoms with Crippen molar-refractivity contribution in [2.45, 2.75) is 334 Å². The van der Waals surface area contributed by atoms with E-state index < -0.39 is 12.1 Å². The summed E-state index contributed by atoms with van der Waals surface area (Å²) in [5.41, 5.74) is 0. The number of aliphatic hydroxyl groups excluding tert-OH is 2. The quantitative estimate of drug-likeness (QED) is 0.0320. The molecule has 0 heterocycles. The van der Waals surface area contributed by atoms with Gasteiger partial charge in [0.2, 0.25) is 5.91 Å². The summed E-state index contributed by atoms with van der Waals surface area (Å²) in [6.07, 6.45) is 79.9. The van der Waals surface area contributed by atoms with E-state index in [1.54, 1.807) is 6.08 Å². The lowest BCUT2D eigenvalue weighted by atomic mass is 10.0. The molecule has 0 saturated heterocycles. The van der Waals surface area contributed by atoms with E-state index >= 15 is 0 Å². The SMILES string of the molecule is CCCCC/C=C\C/C=C\CCCCCCCCCCCC(=O)OCCCCCCCCCCC/C=C\C/C=C\CCCCCCCCCCCCCC(=O)NC(CO)C(O)/C=C/CCCCCCCCC. The lowest BCUT2D eigenvalue weighted by molar-refractivity contribution is -0.143. The molecule has 0 aliphatic rings. The molecule has 0 aromatic heterocycles. The molecular formula is C66H121NO5. The monoisotopic (exact) mass is 1010 g/mol. The molecule has 0 rings (SSSR count). The summed E-state index contributed by atoms with van der Waals surface area (Å²) in [4.78, 5) is 24.5. The van der Waals surface area contributed by atoms with Crippen LogP contribution in [0.25, 0.3) is 0 Å². The van der Waals surface area contributed by atoms with E-state index in [2.05, 4.69) is 67.8 Å². The zero-order chi connectivity index (χ0) is 52.2. The van der Waals surface area contributed by atoms with Crippen LogP contribution >= 0.6 is 0 Å². The summed E-state index contributed by atoms with van der Waals surface area (Å²) in [7, 11) is 0. The van der Waals surface area contributed by atoms with Crippen LogP contribution in [0.1, 0.15) is 322 Å². The maximum Gasteiger partial charge on any atom is 0.305 e. The summed E-state index contributed by atoms with van der Waals surface area (Å²) in [6, 6.07) is -0.629. The second-order valence-electron chi connectivity index (χ2n) is 21.4. The molecule has 0 spiro atoms. The van der Waals surface area contributed by atoms with Gasteiger partial charge >= 0.3 is 5.97 Å². The Morgan fingerprint density at radius 3 is 1.08 bits per heavy atom. The van der Waals surface area contributed by atoms with E-state index in [-0.39, 0.29) is 18.5 Å². The van der Waals surface area contributed by atoms with Gasteiger partial charge in [-0.3, -0.25) is 9.59 Å². The van der Waals surface area contributed by atoms with Crippen molar-refractivity contribution in [3.8, 4) is 0 Å². The first-order valence-electron chi connectivity index (χ1n) is 31.6. The van der Waals surface area contributed by atoms with Crippen LogP contribution in [0.2, 0.25) is 0 Å². The number of unbranched alkanes of at least 4 members (excludes halogenated alkanes) is 39. The number of rotatable bonds is 58. The van der Waals surface area contributed by atoms with E-state index in [9.17, 15) is 19.8 Å². The van der Waals surface area contributed by atoms with Crippen molar-refractivity contribution in [3.63, 3.8) is 0 Å². The molecule has 0 aromatic carbocycles. The summed E-state index contributed by atoms with van der Waals surface area (Å²) in [6.45, 7) is 4.85. The number of ether oxygens (including phenoxy) is 1. The smallest absolute Gasteiger partial charge is 0.305 e. The third-order valence-corrected chi connectivity index (χ3v) is 14.3. The zero-order valence-electron chi connectivity index (χ0n) is 47.9. The molecule has 0 radical (unpaired) electrons. The van der Waals surface area contributed by atoms with Crippen LogP contribution in [0, 0.1) is 0 Å². The van der Waals surface area contributed by atoms with Gasteiger partial charge in [0.25, 0.3) is 0 Å². The van der Waals surface area contributed by atoms with Crippen molar-refractivity contribution in [3.05, 3.63) is 60.8 Å². The molecule has 72 heavy (non-hydrogen) atoms. The molecule has 2 unspecified atom stereocenters. The second kappa shape index (κ2) is 61.1. The van der Waals surface area contributed by atoms with Crippen molar-refractivity contribution >= 4 is 11.9 Å². The van der Waals surface area contributed by atoms with Gasteiger partial charge in [-0.25, -0.2) is 0 Å². The highest BCUT2D eigenvalue weighted by Gasteiger charge is 2.18. The number of hydrogen-bond donors (Lipinski definition) is 3. The summed E-state index contributed by atoms with van der Waals surface area (Å²) < 4.78 is 5.49. The molecule has 0 aliphatic heterocycles. The van der Waals surface area contributed by atoms with Gasteiger partial charge in [-0.1, -0.05) is 274 Å². The Balaban J connectivity index is 3.40. The third-order valence-electron chi connectivity index (χ3n) is 14.3. The molecule has 0 fully saturated rings. The molecule has 3 N–H and O–H groups in total. The zero-order valence-corrected chi connectivity index (χ0v) is 47.9. The van der Waals surface area contributed by atoms with Crippen LogP contribution in [0.15, 0.2) is 60.8 Å². The van der Waals surface area contributed by atoms with E-state index in [1.807, 2.05) is 6.08 Å². The van der Waals surface area contributed by atoms with Crippen molar-refractivity contribution in [1.82, 2.24) is 5.32 Å². The average Bonchev–Trinajstić information content (AvgIpc) is 3.38. The first kappa shape index (κ1) is 69.6. The Morgan fingerprint density at radius 1 is 0.389 bits per heavy atom. The van der Waals surface area contributed by atoms with Crippen molar-refractivity contribution < 1.29 is 24.5 Å². The number of carbonyl (C=O) groups is 2. The number of carbonyl (C=O) groups excluding carboxylic acids is 2. The molecule has 6 heteroatoms.